The molecule has 0 aliphatic heterocycles. The Balaban J connectivity index is 2.17. The highest BCUT2D eigenvalue weighted by molar-refractivity contribution is 5.94. The lowest BCUT2D eigenvalue weighted by Crippen LogP contribution is -2.47. The Labute approximate surface area is 210 Å². The van der Waals surface area contributed by atoms with Crippen LogP contribution in [0.3, 0.4) is 0 Å². The van der Waals surface area contributed by atoms with E-state index in [0.717, 1.165) is 24.2 Å². The smallest absolute Gasteiger partial charge is 0.253 e. The molecule has 2 rings (SSSR count). The SMILES string of the molecule is CCN(CC)[C@H](CNC(=O)C[C@](C)(c1ccccc1)C(C)(C)C)Cc1ccc(C(=O)NC)c(F)c1. The predicted molar refractivity (Wildman–Crippen MR) is 141 cm³/mol. The van der Waals surface area contributed by atoms with E-state index in [4.69, 9.17) is 0 Å². The highest BCUT2D eigenvalue weighted by atomic mass is 19.1. The first-order chi connectivity index (χ1) is 16.5. The number of nitrogens with zero attached hydrogens (tertiary/aromatic N) is 1. The number of benzene rings is 2. The van der Waals surface area contributed by atoms with Gasteiger partial charge in [-0.3, -0.25) is 14.5 Å². The Morgan fingerprint density at radius 1 is 1.00 bits per heavy atom. The average molecular weight is 484 g/mol. The van der Waals surface area contributed by atoms with E-state index in [1.165, 1.54) is 19.2 Å². The Hall–Kier alpha value is -2.73. The minimum Gasteiger partial charge on any atom is -0.355 e. The Kier molecular flexibility index (Phi) is 10.0. The molecule has 2 atom stereocenters. The summed E-state index contributed by atoms with van der Waals surface area (Å²) in [5, 5.41) is 5.62. The number of hydrogen-bond donors (Lipinski definition) is 2. The molecule has 2 aromatic carbocycles. The van der Waals surface area contributed by atoms with Crippen molar-refractivity contribution in [3.8, 4) is 0 Å². The molecule has 2 amide bonds. The predicted octanol–water partition coefficient (Wildman–Crippen LogP) is 4.95. The maximum Gasteiger partial charge on any atom is 0.253 e. The molecule has 192 valence electrons. The molecule has 2 aromatic rings. The summed E-state index contributed by atoms with van der Waals surface area (Å²) in [5.41, 5.74) is 1.53. The minimum atomic E-state index is -0.534. The topological polar surface area (TPSA) is 61.4 Å². The zero-order valence-electron chi connectivity index (χ0n) is 22.4. The van der Waals surface area contributed by atoms with E-state index in [2.05, 4.69) is 69.2 Å². The lowest BCUT2D eigenvalue weighted by molar-refractivity contribution is -0.123. The van der Waals surface area contributed by atoms with Gasteiger partial charge in [0.15, 0.2) is 0 Å². The Bertz CT molecular complexity index is 983. The second kappa shape index (κ2) is 12.3. The van der Waals surface area contributed by atoms with Crippen molar-refractivity contribution in [2.75, 3.05) is 26.7 Å². The molecule has 0 spiro atoms. The van der Waals surface area contributed by atoms with Gasteiger partial charge in [-0.15, -0.1) is 0 Å². The van der Waals surface area contributed by atoms with Crippen LogP contribution in [0, 0.1) is 11.2 Å². The van der Waals surface area contributed by atoms with Crippen molar-refractivity contribution in [3.05, 3.63) is 71.0 Å². The number of halogens is 1. The van der Waals surface area contributed by atoms with Crippen LogP contribution in [0.15, 0.2) is 48.5 Å². The van der Waals surface area contributed by atoms with Gasteiger partial charge in [0.1, 0.15) is 5.82 Å². The van der Waals surface area contributed by atoms with Crippen LogP contribution in [-0.2, 0) is 16.6 Å². The van der Waals surface area contributed by atoms with Crippen molar-refractivity contribution in [2.45, 2.75) is 65.8 Å². The van der Waals surface area contributed by atoms with E-state index < -0.39 is 11.7 Å². The molecule has 0 aliphatic rings. The molecule has 0 aliphatic carbocycles. The summed E-state index contributed by atoms with van der Waals surface area (Å²) in [7, 11) is 1.48. The monoisotopic (exact) mass is 483 g/mol. The zero-order valence-corrected chi connectivity index (χ0v) is 22.4. The van der Waals surface area contributed by atoms with Crippen LogP contribution in [0.1, 0.15) is 69.4 Å². The van der Waals surface area contributed by atoms with E-state index in [9.17, 15) is 14.0 Å². The Morgan fingerprint density at radius 3 is 2.14 bits per heavy atom. The highest BCUT2D eigenvalue weighted by Gasteiger charge is 2.40. The van der Waals surface area contributed by atoms with Crippen molar-refractivity contribution in [2.24, 2.45) is 5.41 Å². The average Bonchev–Trinajstić information content (AvgIpc) is 2.82. The molecule has 35 heavy (non-hydrogen) atoms. The summed E-state index contributed by atoms with van der Waals surface area (Å²) in [5.74, 6) is -0.973. The fourth-order valence-electron chi connectivity index (χ4n) is 4.57. The molecule has 0 saturated carbocycles. The second-order valence-electron chi connectivity index (χ2n) is 10.4. The number of nitrogens with one attached hydrogen (secondary N) is 2. The van der Waals surface area contributed by atoms with Gasteiger partial charge in [0.05, 0.1) is 5.56 Å². The highest BCUT2D eigenvalue weighted by Crippen LogP contribution is 2.43. The molecule has 0 bridgehead atoms. The van der Waals surface area contributed by atoms with Crippen LogP contribution >= 0.6 is 0 Å². The third-order valence-corrected chi connectivity index (χ3v) is 7.42. The largest absolute Gasteiger partial charge is 0.355 e. The van der Waals surface area contributed by atoms with E-state index >= 15 is 0 Å². The number of carbonyl (C=O) groups excluding carboxylic acids is 2. The number of likely N-dealkylation sites (N-methyl/N-ethyl adjacent to an activating group) is 1. The van der Waals surface area contributed by atoms with Crippen LogP contribution < -0.4 is 10.6 Å². The fraction of sp³-hybridized carbons (Fsp3) is 0.517. The standard InChI is InChI=1S/C29H42FN3O2/c1-8-33(9-2)23(17-21-15-16-24(25(30)18-21)27(35)31-7)20-32-26(34)19-29(6,28(3,4)5)22-13-11-10-12-14-22/h10-16,18,23H,8-9,17,19-20H2,1-7H3,(H,31,35)(H,32,34)/t23-,29+/m0/s1. The minimum absolute atomic E-state index is 0.00424. The zero-order chi connectivity index (χ0) is 26.2. The third kappa shape index (κ3) is 7.14. The first-order valence-corrected chi connectivity index (χ1v) is 12.5. The van der Waals surface area contributed by atoms with Crippen molar-refractivity contribution >= 4 is 11.8 Å². The summed E-state index contributed by atoms with van der Waals surface area (Å²) in [6.45, 7) is 14.9. The van der Waals surface area contributed by atoms with Crippen LogP contribution in [0.2, 0.25) is 0 Å². The van der Waals surface area contributed by atoms with Gasteiger partial charge >= 0.3 is 0 Å². The molecular weight excluding hydrogens is 441 g/mol. The quantitative estimate of drug-likeness (QED) is 0.476. The first-order valence-electron chi connectivity index (χ1n) is 12.5. The number of carbonyl (C=O) groups is 2. The van der Waals surface area contributed by atoms with Crippen molar-refractivity contribution in [1.82, 2.24) is 15.5 Å². The number of rotatable bonds is 11. The van der Waals surface area contributed by atoms with Crippen LogP contribution in [0.4, 0.5) is 4.39 Å². The molecule has 0 heterocycles. The normalized spacial score (nSPS) is 14.3. The second-order valence-corrected chi connectivity index (χ2v) is 10.4. The van der Waals surface area contributed by atoms with Crippen LogP contribution in [0.5, 0.6) is 0 Å². The summed E-state index contributed by atoms with van der Waals surface area (Å²) >= 11 is 0. The number of amides is 2. The molecule has 0 radical (unpaired) electrons. The van der Waals surface area contributed by atoms with Gasteiger partial charge in [-0.2, -0.15) is 0 Å². The van der Waals surface area contributed by atoms with Gasteiger partial charge in [-0.05, 0) is 48.2 Å². The van der Waals surface area contributed by atoms with E-state index in [1.54, 1.807) is 6.07 Å². The lowest BCUT2D eigenvalue weighted by Gasteiger charge is -2.42. The summed E-state index contributed by atoms with van der Waals surface area (Å²) in [6.07, 6.45) is 0.947. The summed E-state index contributed by atoms with van der Waals surface area (Å²) in [4.78, 5) is 27.3. The molecule has 2 N–H and O–H groups in total. The maximum absolute atomic E-state index is 14.5. The molecule has 0 saturated heterocycles. The van der Waals surface area contributed by atoms with Crippen molar-refractivity contribution in [3.63, 3.8) is 0 Å². The fourth-order valence-corrected chi connectivity index (χ4v) is 4.57. The first kappa shape index (κ1) is 28.5. The van der Waals surface area contributed by atoms with Crippen LogP contribution in [0.25, 0.3) is 0 Å². The number of hydrogen-bond acceptors (Lipinski definition) is 3. The van der Waals surface area contributed by atoms with Gasteiger partial charge in [-0.1, -0.05) is 77.9 Å². The van der Waals surface area contributed by atoms with E-state index in [-0.39, 0.29) is 28.3 Å². The summed E-state index contributed by atoms with van der Waals surface area (Å²) < 4.78 is 14.5. The van der Waals surface area contributed by atoms with Gasteiger partial charge in [0, 0.05) is 31.5 Å². The van der Waals surface area contributed by atoms with Gasteiger partial charge in [0.25, 0.3) is 5.91 Å². The lowest BCUT2D eigenvalue weighted by atomic mass is 9.62. The van der Waals surface area contributed by atoms with E-state index in [1.807, 2.05) is 18.2 Å². The molecule has 0 unspecified atom stereocenters. The maximum atomic E-state index is 14.5. The van der Waals surface area contributed by atoms with E-state index in [0.29, 0.717) is 19.4 Å². The molecule has 6 heteroatoms. The van der Waals surface area contributed by atoms with Gasteiger partial charge in [-0.25, -0.2) is 4.39 Å². The molecule has 0 aromatic heterocycles. The van der Waals surface area contributed by atoms with Crippen molar-refractivity contribution < 1.29 is 14.0 Å². The third-order valence-electron chi connectivity index (χ3n) is 7.42. The van der Waals surface area contributed by atoms with Gasteiger partial charge in [0.2, 0.25) is 5.91 Å². The van der Waals surface area contributed by atoms with Crippen molar-refractivity contribution in [1.29, 1.82) is 0 Å². The Morgan fingerprint density at radius 2 is 1.63 bits per heavy atom. The van der Waals surface area contributed by atoms with Gasteiger partial charge < -0.3 is 10.6 Å². The molecule has 5 nitrogen and oxygen atoms in total. The molecule has 0 fully saturated rings. The van der Waals surface area contributed by atoms with Crippen LogP contribution in [-0.4, -0.2) is 49.4 Å². The summed E-state index contributed by atoms with van der Waals surface area (Å²) in [6, 6.07) is 15.0. The molecular formula is C29H42FN3O2.